The van der Waals surface area contributed by atoms with Gasteiger partial charge in [0.2, 0.25) is 0 Å². The molecule has 10 nitrogen and oxygen atoms in total. The SMILES string of the molecule is CCCCCCCCc1ccc(S(=O)(=O)Nc2ccc(OS(=O)NC(C)c3nnc4cc(C(C)(C)C)[nH]n34)cc2)cc1. The van der Waals surface area contributed by atoms with Crippen molar-refractivity contribution in [2.45, 2.75) is 95.9 Å². The van der Waals surface area contributed by atoms with Crippen LogP contribution in [0.15, 0.2) is 59.5 Å². The van der Waals surface area contributed by atoms with Gasteiger partial charge in [-0.25, -0.2) is 12.9 Å². The molecular formula is C30H42N6O4S2. The molecule has 0 aliphatic heterocycles. The second-order valence-corrected chi connectivity index (χ2v) is 14.2. The molecule has 0 spiro atoms. The maximum absolute atomic E-state index is 12.9. The van der Waals surface area contributed by atoms with Crippen LogP contribution in [0.5, 0.6) is 5.75 Å². The fourth-order valence-corrected chi connectivity index (χ4v) is 6.30. The quantitative estimate of drug-likeness (QED) is 0.134. The number of unbranched alkanes of at least 4 members (excludes halogenated alkanes) is 5. The molecule has 0 amide bonds. The number of nitrogens with one attached hydrogen (secondary N) is 3. The molecule has 12 heteroatoms. The van der Waals surface area contributed by atoms with E-state index in [1.54, 1.807) is 40.9 Å². The molecule has 0 radical (unpaired) electrons. The van der Waals surface area contributed by atoms with Crippen LogP contribution in [0.4, 0.5) is 5.69 Å². The highest BCUT2D eigenvalue weighted by Gasteiger charge is 2.22. The fourth-order valence-electron chi connectivity index (χ4n) is 4.51. The smallest absolute Gasteiger partial charge is 0.288 e. The summed E-state index contributed by atoms with van der Waals surface area (Å²) in [5.74, 6) is 0.883. The number of aromatic amines is 1. The number of H-pyrrole nitrogens is 1. The summed E-state index contributed by atoms with van der Waals surface area (Å²) < 4.78 is 51.2. The molecule has 2 heterocycles. The van der Waals surface area contributed by atoms with Crippen LogP contribution in [0.2, 0.25) is 0 Å². The number of nitrogens with zero attached hydrogens (tertiary/aromatic N) is 3. The molecule has 4 rings (SSSR count). The molecule has 0 bridgehead atoms. The van der Waals surface area contributed by atoms with Crippen molar-refractivity contribution in [3.63, 3.8) is 0 Å². The first kappa shape index (κ1) is 31.7. The molecule has 4 aromatic rings. The maximum Gasteiger partial charge on any atom is 0.288 e. The van der Waals surface area contributed by atoms with Crippen molar-refractivity contribution < 1.29 is 16.8 Å². The van der Waals surface area contributed by atoms with E-state index in [1.807, 2.05) is 25.1 Å². The van der Waals surface area contributed by atoms with Gasteiger partial charge < -0.3 is 4.18 Å². The number of rotatable bonds is 15. The minimum absolute atomic E-state index is 0.0848. The number of hydrogen-bond donors (Lipinski definition) is 3. The molecule has 42 heavy (non-hydrogen) atoms. The Morgan fingerprint density at radius 1 is 0.976 bits per heavy atom. The minimum Gasteiger partial charge on any atom is -0.389 e. The lowest BCUT2D eigenvalue weighted by atomic mass is 9.93. The van der Waals surface area contributed by atoms with Crippen molar-refractivity contribution in [3.8, 4) is 5.75 Å². The average molecular weight is 615 g/mol. The van der Waals surface area contributed by atoms with Gasteiger partial charge in [-0.1, -0.05) is 71.9 Å². The van der Waals surface area contributed by atoms with Crippen LogP contribution in [0.3, 0.4) is 0 Å². The van der Waals surface area contributed by atoms with Crippen LogP contribution in [0, 0.1) is 0 Å². The number of hydrogen-bond acceptors (Lipinski definition) is 6. The van der Waals surface area contributed by atoms with E-state index in [0.29, 0.717) is 22.9 Å². The molecular weight excluding hydrogens is 573 g/mol. The number of aryl methyl sites for hydroxylation is 1. The van der Waals surface area contributed by atoms with E-state index < -0.39 is 27.3 Å². The van der Waals surface area contributed by atoms with Crippen LogP contribution in [-0.4, -0.2) is 32.4 Å². The number of fused-ring (bicyclic) bond motifs is 1. The predicted molar refractivity (Wildman–Crippen MR) is 167 cm³/mol. The number of sulfonamides is 1. The van der Waals surface area contributed by atoms with E-state index in [9.17, 15) is 12.6 Å². The highest BCUT2D eigenvalue weighted by Crippen LogP contribution is 2.24. The fraction of sp³-hybridized carbons (Fsp3) is 0.467. The van der Waals surface area contributed by atoms with E-state index in [2.05, 4.69) is 52.4 Å². The summed E-state index contributed by atoms with van der Waals surface area (Å²) in [5, 5.41) is 11.7. The van der Waals surface area contributed by atoms with Gasteiger partial charge in [0.15, 0.2) is 11.5 Å². The average Bonchev–Trinajstić information content (AvgIpc) is 3.53. The Hall–Kier alpha value is -3.22. The van der Waals surface area contributed by atoms with Crippen LogP contribution in [-0.2, 0) is 33.1 Å². The zero-order valence-corrected chi connectivity index (χ0v) is 26.6. The highest BCUT2D eigenvalue weighted by molar-refractivity contribution is 7.92. The Balaban J connectivity index is 1.28. The van der Waals surface area contributed by atoms with Crippen LogP contribution < -0.4 is 13.6 Å². The third-order valence-electron chi connectivity index (χ3n) is 7.02. The van der Waals surface area contributed by atoms with E-state index in [1.165, 1.54) is 32.1 Å². The van der Waals surface area contributed by atoms with Gasteiger partial charge in [0.1, 0.15) is 5.75 Å². The van der Waals surface area contributed by atoms with Gasteiger partial charge >= 0.3 is 0 Å². The van der Waals surface area contributed by atoms with Crippen molar-refractivity contribution in [2.24, 2.45) is 0 Å². The monoisotopic (exact) mass is 614 g/mol. The van der Waals surface area contributed by atoms with E-state index in [0.717, 1.165) is 24.1 Å². The molecule has 0 fully saturated rings. The molecule has 2 aromatic heterocycles. The molecule has 0 saturated heterocycles. The summed E-state index contributed by atoms with van der Waals surface area (Å²) in [7, 11) is -3.75. The normalized spacial score (nSPS) is 13.7. The van der Waals surface area contributed by atoms with Crippen LogP contribution >= 0.6 is 0 Å². The Morgan fingerprint density at radius 2 is 1.64 bits per heavy atom. The standard InChI is InChI=1S/C30H42N6O4S2/c1-6-7-8-9-10-11-12-23-13-19-26(20-14-23)42(38,39)35-24-15-17-25(18-16-24)40-41(37)34-22(2)29-32-31-28-21-27(30(3,4)5)33-36(28)29/h13-22,33-35H,6-12H2,1-5H3. The minimum atomic E-state index is -3.75. The first-order valence-corrected chi connectivity index (χ1v) is 17.0. The molecule has 2 unspecified atom stereocenters. The third-order valence-corrected chi connectivity index (χ3v) is 9.31. The number of anilines is 1. The first-order chi connectivity index (χ1) is 20.0. The van der Waals surface area contributed by atoms with Gasteiger partial charge in [-0.05, 0) is 61.7 Å². The molecule has 0 aliphatic rings. The second-order valence-electron chi connectivity index (χ2n) is 11.6. The first-order valence-electron chi connectivity index (χ1n) is 14.5. The Morgan fingerprint density at radius 3 is 2.31 bits per heavy atom. The van der Waals surface area contributed by atoms with E-state index in [4.69, 9.17) is 4.18 Å². The topological polar surface area (TPSA) is 130 Å². The Kier molecular flexibility index (Phi) is 10.4. The third kappa shape index (κ3) is 8.42. The molecule has 0 saturated carbocycles. The summed E-state index contributed by atoms with van der Waals surface area (Å²) in [5.41, 5.74) is 3.11. The van der Waals surface area contributed by atoms with E-state index in [-0.39, 0.29) is 10.3 Å². The Bertz CT molecular complexity index is 1570. The summed E-state index contributed by atoms with van der Waals surface area (Å²) in [4.78, 5) is 0.202. The summed E-state index contributed by atoms with van der Waals surface area (Å²) >= 11 is -1.89. The lowest BCUT2D eigenvalue weighted by Crippen LogP contribution is -2.26. The Labute approximate surface area is 251 Å². The lowest BCUT2D eigenvalue weighted by Gasteiger charge is -2.16. The molecule has 0 aliphatic carbocycles. The van der Waals surface area contributed by atoms with Crippen LogP contribution in [0.1, 0.15) is 96.3 Å². The summed E-state index contributed by atoms with van der Waals surface area (Å²) in [6.45, 7) is 10.3. The van der Waals surface area contributed by atoms with Gasteiger partial charge in [-0.3, -0.25) is 9.82 Å². The largest absolute Gasteiger partial charge is 0.389 e. The van der Waals surface area contributed by atoms with Gasteiger partial charge in [0.25, 0.3) is 21.3 Å². The highest BCUT2D eigenvalue weighted by atomic mass is 32.2. The zero-order valence-electron chi connectivity index (χ0n) is 25.0. The second kappa shape index (κ2) is 13.8. The molecule has 3 N–H and O–H groups in total. The van der Waals surface area contributed by atoms with Gasteiger partial charge in [-0.2, -0.15) is 8.93 Å². The van der Waals surface area contributed by atoms with Crippen molar-refractivity contribution in [1.29, 1.82) is 0 Å². The van der Waals surface area contributed by atoms with Crippen molar-refractivity contribution in [3.05, 3.63) is 71.7 Å². The molecule has 228 valence electrons. The predicted octanol–water partition coefficient (Wildman–Crippen LogP) is 6.37. The number of aromatic nitrogens is 4. The molecule has 2 aromatic carbocycles. The summed E-state index contributed by atoms with van der Waals surface area (Å²) in [6.07, 6.45) is 8.30. The van der Waals surface area contributed by atoms with E-state index >= 15 is 0 Å². The molecule has 2 atom stereocenters. The maximum atomic E-state index is 12.9. The van der Waals surface area contributed by atoms with Gasteiger partial charge in [0.05, 0.1) is 10.9 Å². The number of benzene rings is 2. The van der Waals surface area contributed by atoms with Crippen molar-refractivity contribution in [1.82, 2.24) is 24.5 Å². The summed E-state index contributed by atoms with van der Waals surface area (Å²) in [6, 6.07) is 14.8. The zero-order chi connectivity index (χ0) is 30.3. The van der Waals surface area contributed by atoms with Crippen molar-refractivity contribution in [2.75, 3.05) is 4.72 Å². The lowest BCUT2D eigenvalue weighted by molar-refractivity contribution is 0.524. The van der Waals surface area contributed by atoms with Crippen molar-refractivity contribution >= 4 is 32.6 Å². The van der Waals surface area contributed by atoms with Gasteiger partial charge in [0, 0.05) is 22.9 Å². The van der Waals surface area contributed by atoms with Crippen LogP contribution in [0.25, 0.3) is 5.65 Å². The van der Waals surface area contributed by atoms with Gasteiger partial charge in [-0.15, -0.1) is 10.2 Å².